The first kappa shape index (κ1) is 17.2. The Morgan fingerprint density at radius 3 is 1.94 bits per heavy atom. The van der Waals surface area contributed by atoms with Gasteiger partial charge in [0, 0.05) is 23.2 Å². The molecule has 1 atom stereocenters. The van der Waals surface area contributed by atoms with Crippen molar-refractivity contribution >= 4 is 46.4 Å². The molecule has 0 saturated carbocycles. The second-order valence-electron chi connectivity index (χ2n) is 2.95. The molecule has 0 aliphatic carbocycles. The van der Waals surface area contributed by atoms with Gasteiger partial charge in [0.1, 0.15) is 0 Å². The molecule has 1 aromatic rings. The first-order valence-electron chi connectivity index (χ1n) is 4.34. The van der Waals surface area contributed by atoms with Crippen LogP contribution in [0.25, 0.3) is 0 Å². The molecule has 1 unspecified atom stereocenters. The zero-order valence-corrected chi connectivity index (χ0v) is 12.2. The fourth-order valence-electron chi connectivity index (χ4n) is 0.744. The lowest BCUT2D eigenvalue weighted by molar-refractivity contribution is 0.511. The molecule has 0 spiro atoms. The Bertz CT molecular complexity index is 353. The molecule has 0 aliphatic heterocycles. The summed E-state index contributed by atoms with van der Waals surface area (Å²) >= 11 is 6.89. The van der Waals surface area contributed by atoms with E-state index in [1.54, 1.807) is 4.13 Å². The Labute approximate surface area is 117 Å². The van der Waals surface area contributed by atoms with Gasteiger partial charge in [-0.2, -0.15) is 8.52 Å². The van der Waals surface area contributed by atoms with Crippen LogP contribution in [0, 0.1) is 13.8 Å². The predicted octanol–water partition coefficient (Wildman–Crippen LogP) is 3.38. The average molecular weight is 319 g/mol. The summed E-state index contributed by atoms with van der Waals surface area (Å²) in [5.41, 5.74) is 2.74. The molecule has 98 valence electrons. The van der Waals surface area contributed by atoms with Crippen LogP contribution >= 0.6 is 35.1 Å². The van der Waals surface area contributed by atoms with Crippen molar-refractivity contribution in [2.45, 2.75) is 17.8 Å². The number of hydrogen-bond donors (Lipinski definition) is 1. The number of alkyl halides is 3. The van der Waals surface area contributed by atoms with E-state index >= 15 is 0 Å². The molecule has 0 aliphatic rings. The highest BCUT2D eigenvalue weighted by atomic mass is 35.5. The molecular formula is C9H11Cl2FNO2S2-. The lowest BCUT2D eigenvalue weighted by atomic mass is 10.1. The molecule has 17 heavy (non-hydrogen) atoms. The first-order chi connectivity index (χ1) is 7.72. The van der Waals surface area contributed by atoms with Crippen molar-refractivity contribution in [2.75, 3.05) is 0 Å². The highest BCUT2D eigenvalue weighted by molar-refractivity contribution is 8.08. The molecule has 0 fully saturated rings. The first-order valence-corrected chi connectivity index (χ1v) is 6.99. The zero-order valence-electron chi connectivity index (χ0n) is 9.08. The van der Waals surface area contributed by atoms with E-state index in [-0.39, 0.29) is 11.9 Å². The van der Waals surface area contributed by atoms with Crippen LogP contribution in [-0.2, 0) is 11.3 Å². The maximum atomic E-state index is 11.9. The Morgan fingerprint density at radius 1 is 1.35 bits per heavy atom. The Balaban J connectivity index is 0.000000302. The minimum absolute atomic E-state index is 0.0432. The van der Waals surface area contributed by atoms with Crippen molar-refractivity contribution in [1.82, 2.24) is 4.13 Å². The molecular weight excluding hydrogens is 308 g/mol. The monoisotopic (exact) mass is 318 g/mol. The fourth-order valence-corrected chi connectivity index (χ4v) is 1.96. The van der Waals surface area contributed by atoms with Crippen molar-refractivity contribution in [3.05, 3.63) is 35.4 Å². The molecule has 1 aromatic carbocycles. The predicted molar refractivity (Wildman–Crippen MR) is 71.1 cm³/mol. The summed E-state index contributed by atoms with van der Waals surface area (Å²) < 4.78 is 30.1. The third kappa shape index (κ3) is 11.0. The van der Waals surface area contributed by atoms with E-state index in [0.29, 0.717) is 0 Å². The summed E-state index contributed by atoms with van der Waals surface area (Å²) in [6.45, 7) is 4.24. The SMILES string of the molecule is Cc1ccccc1C.O=S([O-])NSC(F)(Cl)Cl. The fraction of sp³-hybridized carbons (Fsp3) is 0.333. The van der Waals surface area contributed by atoms with Crippen molar-refractivity contribution < 1.29 is 13.2 Å². The molecule has 0 bridgehead atoms. The summed E-state index contributed by atoms with van der Waals surface area (Å²) in [6.07, 6.45) is 0. The van der Waals surface area contributed by atoms with Gasteiger partial charge in [-0.1, -0.05) is 47.5 Å². The highest BCUT2D eigenvalue weighted by Gasteiger charge is 2.22. The molecule has 0 heterocycles. The minimum atomic E-state index is -2.61. The van der Waals surface area contributed by atoms with Crippen LogP contribution in [-0.4, -0.2) is 12.7 Å². The van der Waals surface area contributed by atoms with E-state index in [9.17, 15) is 13.2 Å². The van der Waals surface area contributed by atoms with Crippen molar-refractivity contribution in [1.29, 1.82) is 0 Å². The maximum Gasteiger partial charge on any atom is 0.319 e. The third-order valence-electron chi connectivity index (χ3n) is 1.65. The van der Waals surface area contributed by atoms with Crippen LogP contribution < -0.4 is 4.13 Å². The zero-order chi connectivity index (χ0) is 13.5. The topological polar surface area (TPSA) is 52.2 Å². The van der Waals surface area contributed by atoms with Gasteiger partial charge < -0.3 is 4.55 Å². The molecule has 0 radical (unpaired) electrons. The summed E-state index contributed by atoms with van der Waals surface area (Å²) in [4.78, 5) is 0. The maximum absolute atomic E-state index is 11.9. The van der Waals surface area contributed by atoms with Crippen LogP contribution in [0.2, 0.25) is 0 Å². The van der Waals surface area contributed by atoms with E-state index in [2.05, 4.69) is 38.1 Å². The van der Waals surface area contributed by atoms with Crippen LogP contribution in [0.4, 0.5) is 4.39 Å². The van der Waals surface area contributed by atoms with Gasteiger partial charge in [0.2, 0.25) is 0 Å². The quantitative estimate of drug-likeness (QED) is 0.528. The molecule has 1 rings (SSSR count). The number of aryl methyl sites for hydroxylation is 2. The van der Waals surface area contributed by atoms with Gasteiger partial charge >= 0.3 is 3.92 Å². The summed E-state index contributed by atoms with van der Waals surface area (Å²) in [5.74, 6) is 0. The highest BCUT2D eigenvalue weighted by Crippen LogP contribution is 2.33. The summed E-state index contributed by atoms with van der Waals surface area (Å²) in [5, 5.41) is 0. The summed E-state index contributed by atoms with van der Waals surface area (Å²) in [7, 11) is 0. The van der Waals surface area contributed by atoms with Gasteiger partial charge in [-0.15, -0.1) is 0 Å². The van der Waals surface area contributed by atoms with Crippen molar-refractivity contribution in [3.63, 3.8) is 0 Å². The molecule has 3 nitrogen and oxygen atoms in total. The van der Waals surface area contributed by atoms with Gasteiger partial charge in [0.25, 0.3) is 0 Å². The molecule has 8 heteroatoms. The van der Waals surface area contributed by atoms with Gasteiger partial charge in [-0.3, -0.25) is 4.21 Å². The molecule has 0 saturated heterocycles. The number of nitrogens with one attached hydrogen (secondary N) is 1. The molecule has 0 amide bonds. The smallest absolute Gasteiger partial charge is 0.319 e. The van der Waals surface area contributed by atoms with Crippen LogP contribution in [0.15, 0.2) is 24.3 Å². The third-order valence-corrected chi connectivity index (χ3v) is 3.22. The van der Waals surface area contributed by atoms with Gasteiger partial charge in [-0.25, -0.2) is 0 Å². The average Bonchev–Trinajstić information content (AvgIpc) is 2.20. The van der Waals surface area contributed by atoms with Gasteiger partial charge in [-0.05, 0) is 25.0 Å². The Hall–Kier alpha value is 0.150. The standard InChI is InChI=1S/C8H10.CH2Cl2FNO2S2/c1-7-5-3-4-6-8(7)2;2-1(3,4)8-5-9(6)7/h3-6H,1-2H3;5H,(H,6,7)/p-1. The van der Waals surface area contributed by atoms with E-state index in [4.69, 9.17) is 23.2 Å². The van der Waals surface area contributed by atoms with Crippen LogP contribution in [0.1, 0.15) is 11.1 Å². The normalized spacial score (nSPS) is 12.6. The van der Waals surface area contributed by atoms with Crippen molar-refractivity contribution in [3.8, 4) is 0 Å². The summed E-state index contributed by atoms with van der Waals surface area (Å²) in [6, 6.07) is 8.36. The number of hydrogen-bond acceptors (Lipinski definition) is 3. The van der Waals surface area contributed by atoms with Crippen molar-refractivity contribution in [2.24, 2.45) is 0 Å². The number of benzene rings is 1. The molecule has 1 N–H and O–H groups in total. The molecule has 0 aromatic heterocycles. The second kappa shape index (κ2) is 8.29. The van der Waals surface area contributed by atoms with E-state index in [1.165, 1.54) is 11.1 Å². The lowest BCUT2D eigenvalue weighted by Crippen LogP contribution is -2.13. The number of halogens is 3. The Kier molecular flexibility index (Phi) is 8.36. The lowest BCUT2D eigenvalue weighted by Gasteiger charge is -2.09. The van der Waals surface area contributed by atoms with Crippen LogP contribution in [0.5, 0.6) is 0 Å². The van der Waals surface area contributed by atoms with Gasteiger partial charge in [0.15, 0.2) is 0 Å². The second-order valence-corrected chi connectivity index (χ2v) is 6.54. The minimum Gasteiger partial charge on any atom is -0.759 e. The van der Waals surface area contributed by atoms with Gasteiger partial charge in [0.05, 0.1) is 0 Å². The van der Waals surface area contributed by atoms with E-state index < -0.39 is 15.2 Å². The van der Waals surface area contributed by atoms with Crippen LogP contribution in [0.3, 0.4) is 0 Å². The Morgan fingerprint density at radius 2 is 1.76 bits per heavy atom. The largest absolute Gasteiger partial charge is 0.759 e. The van der Waals surface area contributed by atoms with E-state index in [0.717, 1.165) is 0 Å². The van der Waals surface area contributed by atoms with E-state index in [1.807, 2.05) is 0 Å². The number of rotatable bonds is 3.